The number of nitrogens with one attached hydrogen (secondary N) is 4. The topological polar surface area (TPSA) is 175 Å². The lowest BCUT2D eigenvalue weighted by Gasteiger charge is -2.30. The summed E-state index contributed by atoms with van der Waals surface area (Å²) in [5, 5.41) is 7.60. The monoisotopic (exact) mass is 836 g/mol. The Morgan fingerprint density at radius 3 is 1.98 bits per heavy atom. The average molecular weight is 837 g/mol. The van der Waals surface area contributed by atoms with E-state index in [1.165, 1.54) is 14.2 Å². The standard InChI is InChI=1S/C48H52N8O6/c1-27(2)40(53-47(59)61-5)45(57)55-21-9-12-39(55)43-49-25-38(51-43)34-20-19-32-22-31(17-18-33(32)23-34)29-13-15-30(16-14-29)37-24-50-44(52-37)42-36-11-8-7-10-35(36)26-56(42)46(58)41(28(3)4)54-48(60)62-6/h7-8,10-11,13-20,22-25,27-28,39-42H,9,12,21,26H2,1-6H3,(H,49,51)(H,50,52)(H,53,59)(H,54,60)/t39-,40-,41-,42?/m0/s1. The van der Waals surface area contributed by atoms with E-state index >= 15 is 0 Å². The fourth-order valence-corrected chi connectivity index (χ4v) is 8.66. The number of ether oxygens (including phenoxy) is 2. The lowest BCUT2D eigenvalue weighted by Crippen LogP contribution is -2.51. The van der Waals surface area contributed by atoms with Gasteiger partial charge in [0.25, 0.3) is 0 Å². The van der Waals surface area contributed by atoms with Crippen molar-refractivity contribution in [2.75, 3.05) is 20.8 Å². The third-order valence-electron chi connectivity index (χ3n) is 12.0. The first-order chi connectivity index (χ1) is 29.9. The molecule has 6 aromatic rings. The number of carbonyl (C=O) groups excluding carboxylic acids is 4. The Hall–Kier alpha value is -6.96. The number of hydrogen-bond donors (Lipinski definition) is 4. The summed E-state index contributed by atoms with van der Waals surface area (Å²) in [6.07, 6.45) is 4.03. The van der Waals surface area contributed by atoms with E-state index in [4.69, 9.17) is 19.4 Å². The lowest BCUT2D eigenvalue weighted by molar-refractivity contribution is -0.136. The van der Waals surface area contributed by atoms with Gasteiger partial charge in [0.2, 0.25) is 11.8 Å². The van der Waals surface area contributed by atoms with Crippen LogP contribution in [0.2, 0.25) is 0 Å². The van der Waals surface area contributed by atoms with Crippen LogP contribution in [0.5, 0.6) is 0 Å². The van der Waals surface area contributed by atoms with Gasteiger partial charge in [-0.1, -0.05) is 100 Å². The zero-order chi connectivity index (χ0) is 43.7. The minimum Gasteiger partial charge on any atom is -0.453 e. The molecule has 0 saturated carbocycles. The average Bonchev–Trinajstić information content (AvgIpc) is 4.12. The van der Waals surface area contributed by atoms with Crippen molar-refractivity contribution in [2.24, 2.45) is 11.8 Å². The Bertz CT molecular complexity index is 2620. The van der Waals surface area contributed by atoms with Crippen LogP contribution in [-0.2, 0) is 25.6 Å². The maximum absolute atomic E-state index is 14.0. The number of rotatable bonds is 11. The molecule has 4 atom stereocenters. The van der Waals surface area contributed by atoms with Gasteiger partial charge in [-0.2, -0.15) is 0 Å². The number of benzene rings is 4. The van der Waals surface area contributed by atoms with E-state index in [1.54, 1.807) is 4.90 Å². The van der Waals surface area contributed by atoms with E-state index in [-0.39, 0.29) is 29.7 Å². The number of likely N-dealkylation sites (tertiary alicyclic amines) is 1. The lowest BCUT2D eigenvalue weighted by atomic mass is 9.98. The second-order valence-corrected chi connectivity index (χ2v) is 16.7. The van der Waals surface area contributed by atoms with Gasteiger partial charge in [0.15, 0.2) is 0 Å². The minimum atomic E-state index is -0.764. The summed E-state index contributed by atoms with van der Waals surface area (Å²) in [5.74, 6) is 0.750. The molecule has 2 aliphatic rings. The highest BCUT2D eigenvalue weighted by Gasteiger charge is 2.41. The molecule has 4 N–H and O–H groups in total. The van der Waals surface area contributed by atoms with Gasteiger partial charge in [0, 0.05) is 30.4 Å². The molecule has 0 aliphatic carbocycles. The van der Waals surface area contributed by atoms with Crippen molar-refractivity contribution in [3.8, 4) is 33.6 Å². The maximum atomic E-state index is 14.0. The van der Waals surface area contributed by atoms with E-state index in [9.17, 15) is 19.2 Å². The van der Waals surface area contributed by atoms with Crippen LogP contribution < -0.4 is 10.6 Å². The third kappa shape index (κ3) is 8.24. The van der Waals surface area contributed by atoms with Crippen molar-refractivity contribution in [1.29, 1.82) is 0 Å². The number of nitrogens with zero attached hydrogens (tertiary/aromatic N) is 4. The van der Waals surface area contributed by atoms with E-state index in [1.807, 2.05) is 69.3 Å². The zero-order valence-electron chi connectivity index (χ0n) is 35.8. The number of amides is 4. The molecule has 4 amide bonds. The first kappa shape index (κ1) is 41.8. The summed E-state index contributed by atoms with van der Waals surface area (Å²) < 4.78 is 9.60. The van der Waals surface area contributed by atoms with E-state index in [2.05, 4.69) is 81.3 Å². The molecule has 0 spiro atoms. The van der Waals surface area contributed by atoms with Gasteiger partial charge in [0.05, 0.1) is 37.8 Å². The quantitative estimate of drug-likeness (QED) is 0.101. The molecule has 14 nitrogen and oxygen atoms in total. The van der Waals surface area contributed by atoms with Crippen molar-refractivity contribution in [2.45, 2.75) is 71.2 Å². The Morgan fingerprint density at radius 1 is 0.726 bits per heavy atom. The number of fused-ring (bicyclic) bond motifs is 2. The molecule has 8 rings (SSSR count). The summed E-state index contributed by atoms with van der Waals surface area (Å²) in [5.41, 5.74) is 7.70. The number of imidazole rings is 2. The Balaban J connectivity index is 0.974. The predicted octanol–water partition coefficient (Wildman–Crippen LogP) is 8.14. The highest BCUT2D eigenvalue weighted by Crippen LogP contribution is 2.39. The fourth-order valence-electron chi connectivity index (χ4n) is 8.66. The number of aromatic amines is 2. The predicted molar refractivity (Wildman–Crippen MR) is 235 cm³/mol. The number of methoxy groups -OCH3 is 2. The molecule has 62 heavy (non-hydrogen) atoms. The van der Waals surface area contributed by atoms with Crippen LogP contribution in [-0.4, -0.2) is 86.6 Å². The minimum absolute atomic E-state index is 0.110. The van der Waals surface area contributed by atoms with Crippen LogP contribution in [0, 0.1) is 11.8 Å². The molecule has 4 heterocycles. The number of aromatic nitrogens is 4. The van der Waals surface area contributed by atoms with Crippen molar-refractivity contribution in [3.05, 3.63) is 120 Å². The van der Waals surface area contributed by atoms with Gasteiger partial charge in [-0.3, -0.25) is 9.59 Å². The van der Waals surface area contributed by atoms with Gasteiger partial charge in [-0.05, 0) is 69.8 Å². The maximum Gasteiger partial charge on any atom is 0.407 e. The number of hydrogen-bond acceptors (Lipinski definition) is 8. The van der Waals surface area contributed by atoms with Crippen molar-refractivity contribution >= 4 is 34.8 Å². The molecular formula is C48H52N8O6. The van der Waals surface area contributed by atoms with Gasteiger partial charge in [-0.25, -0.2) is 19.6 Å². The van der Waals surface area contributed by atoms with E-state index in [0.717, 1.165) is 74.2 Å². The molecular weight excluding hydrogens is 785 g/mol. The number of H-pyrrole nitrogens is 2. The van der Waals surface area contributed by atoms with Crippen LogP contribution in [0.1, 0.15) is 75.4 Å². The van der Waals surface area contributed by atoms with Crippen molar-refractivity contribution < 1.29 is 28.7 Å². The van der Waals surface area contributed by atoms with Crippen LogP contribution >= 0.6 is 0 Å². The first-order valence-corrected chi connectivity index (χ1v) is 21.1. The molecule has 320 valence electrons. The summed E-state index contributed by atoms with van der Waals surface area (Å²) >= 11 is 0. The number of carbonyl (C=O) groups is 4. The summed E-state index contributed by atoms with van der Waals surface area (Å²) in [6.45, 7) is 8.59. The Morgan fingerprint density at radius 2 is 1.32 bits per heavy atom. The highest BCUT2D eigenvalue weighted by atomic mass is 16.5. The van der Waals surface area contributed by atoms with Gasteiger partial charge >= 0.3 is 12.2 Å². The highest BCUT2D eigenvalue weighted by molar-refractivity contribution is 5.91. The Labute approximate surface area is 360 Å². The van der Waals surface area contributed by atoms with Crippen LogP contribution in [0.15, 0.2) is 97.3 Å². The second kappa shape index (κ2) is 17.6. The second-order valence-electron chi connectivity index (χ2n) is 16.7. The smallest absolute Gasteiger partial charge is 0.407 e. The summed E-state index contributed by atoms with van der Waals surface area (Å²) in [6, 6.07) is 26.9. The van der Waals surface area contributed by atoms with Gasteiger partial charge in [-0.15, -0.1) is 0 Å². The van der Waals surface area contributed by atoms with Gasteiger partial charge < -0.3 is 39.9 Å². The summed E-state index contributed by atoms with van der Waals surface area (Å²) in [4.78, 5) is 72.0. The van der Waals surface area contributed by atoms with Crippen LogP contribution in [0.25, 0.3) is 44.4 Å². The van der Waals surface area contributed by atoms with E-state index in [0.29, 0.717) is 18.9 Å². The number of alkyl carbamates (subject to hydrolysis) is 2. The molecule has 0 radical (unpaired) electrons. The molecule has 1 unspecified atom stereocenters. The molecule has 2 aliphatic heterocycles. The van der Waals surface area contributed by atoms with Crippen LogP contribution in [0.3, 0.4) is 0 Å². The SMILES string of the molecule is COC(=O)N[C@H](C(=O)N1Cc2ccccc2C1c1nc(-c2ccc(-c3ccc4cc(-c5cnc([C@@H]6CCCN6C(=O)[C@@H](NC(=O)OC)C(C)C)[nH]5)ccc4c3)cc2)c[nH]1)C(C)C. The molecule has 0 bridgehead atoms. The molecule has 4 aromatic carbocycles. The molecule has 14 heteroatoms. The summed E-state index contributed by atoms with van der Waals surface area (Å²) in [7, 11) is 2.58. The Kier molecular flexibility index (Phi) is 11.8. The largest absolute Gasteiger partial charge is 0.453 e. The van der Waals surface area contributed by atoms with Crippen molar-refractivity contribution in [1.82, 2.24) is 40.4 Å². The molecule has 1 saturated heterocycles. The molecule has 2 aromatic heterocycles. The zero-order valence-corrected chi connectivity index (χ0v) is 35.8. The van der Waals surface area contributed by atoms with Crippen molar-refractivity contribution in [3.63, 3.8) is 0 Å². The first-order valence-electron chi connectivity index (χ1n) is 21.1. The normalized spacial score (nSPS) is 17.0. The van der Waals surface area contributed by atoms with Gasteiger partial charge in [0.1, 0.15) is 29.8 Å². The molecule has 1 fully saturated rings. The van der Waals surface area contributed by atoms with E-state index < -0.39 is 30.3 Å². The third-order valence-corrected chi connectivity index (χ3v) is 12.0. The van der Waals surface area contributed by atoms with Crippen LogP contribution in [0.4, 0.5) is 9.59 Å². The fraction of sp³-hybridized carbons (Fsp3) is 0.333.